The first-order chi connectivity index (χ1) is 9.33. The third-order valence-corrected chi connectivity index (χ3v) is 4.12. The van der Waals surface area contributed by atoms with Crippen LogP contribution in [0.5, 0.6) is 0 Å². The molecule has 0 spiro atoms. The van der Waals surface area contributed by atoms with Crippen LogP contribution in [0.1, 0.15) is 55.8 Å². The van der Waals surface area contributed by atoms with Crippen LogP contribution in [0.15, 0.2) is 6.20 Å². The van der Waals surface area contributed by atoms with E-state index in [4.69, 9.17) is 4.74 Å². The Morgan fingerprint density at radius 2 is 2.05 bits per heavy atom. The average Bonchev–Trinajstić information content (AvgIpc) is 2.65. The maximum atomic E-state index is 5.04. The largest absolute Gasteiger partial charge is 0.383 e. The number of ether oxygens (including phenoxy) is 1. The third-order valence-electron chi connectivity index (χ3n) is 4.12. The molecule has 0 bridgehead atoms. The molecule has 0 aliphatic heterocycles. The van der Waals surface area contributed by atoms with Gasteiger partial charge in [-0.25, -0.2) is 0 Å². The SMILES string of the molecule is COCCNCc1cnn(C2CCCCCC2)c1C. The number of nitrogens with one attached hydrogen (secondary N) is 1. The Balaban J connectivity index is 1.92. The number of aromatic nitrogens is 2. The summed E-state index contributed by atoms with van der Waals surface area (Å²) in [6.45, 7) is 4.74. The lowest BCUT2D eigenvalue weighted by molar-refractivity contribution is 0.199. The van der Waals surface area contributed by atoms with E-state index >= 15 is 0 Å². The van der Waals surface area contributed by atoms with E-state index in [2.05, 4.69) is 22.0 Å². The Hall–Kier alpha value is -0.870. The molecule has 1 aliphatic rings. The lowest BCUT2D eigenvalue weighted by Gasteiger charge is -2.17. The molecule has 1 aromatic rings. The topological polar surface area (TPSA) is 39.1 Å². The lowest BCUT2D eigenvalue weighted by atomic mass is 10.1. The van der Waals surface area contributed by atoms with E-state index in [9.17, 15) is 0 Å². The lowest BCUT2D eigenvalue weighted by Crippen LogP contribution is -2.19. The van der Waals surface area contributed by atoms with Crippen LogP contribution in [0.4, 0.5) is 0 Å². The predicted molar refractivity (Wildman–Crippen MR) is 77.3 cm³/mol. The number of hydrogen-bond donors (Lipinski definition) is 1. The van der Waals surface area contributed by atoms with Gasteiger partial charge in [-0.3, -0.25) is 4.68 Å². The third kappa shape index (κ3) is 4.05. The number of nitrogens with zero attached hydrogens (tertiary/aromatic N) is 2. The molecule has 1 N–H and O–H groups in total. The van der Waals surface area contributed by atoms with Gasteiger partial charge in [0.2, 0.25) is 0 Å². The van der Waals surface area contributed by atoms with Gasteiger partial charge in [0.1, 0.15) is 0 Å². The summed E-state index contributed by atoms with van der Waals surface area (Å²) in [5, 5.41) is 8.02. The van der Waals surface area contributed by atoms with Crippen LogP contribution in [0, 0.1) is 6.92 Å². The molecule has 108 valence electrons. The van der Waals surface area contributed by atoms with E-state index in [1.165, 1.54) is 49.8 Å². The fraction of sp³-hybridized carbons (Fsp3) is 0.800. The minimum atomic E-state index is 0.621. The van der Waals surface area contributed by atoms with Gasteiger partial charge in [-0.2, -0.15) is 5.10 Å². The second-order valence-electron chi connectivity index (χ2n) is 5.51. The van der Waals surface area contributed by atoms with Crippen molar-refractivity contribution in [3.8, 4) is 0 Å². The van der Waals surface area contributed by atoms with Gasteiger partial charge in [0.25, 0.3) is 0 Å². The van der Waals surface area contributed by atoms with Crippen molar-refractivity contribution in [2.24, 2.45) is 0 Å². The molecule has 1 fully saturated rings. The highest BCUT2D eigenvalue weighted by Gasteiger charge is 2.17. The molecule has 4 heteroatoms. The first-order valence-corrected chi connectivity index (χ1v) is 7.55. The second kappa shape index (κ2) is 7.65. The first-order valence-electron chi connectivity index (χ1n) is 7.55. The van der Waals surface area contributed by atoms with Crippen molar-refractivity contribution in [1.82, 2.24) is 15.1 Å². The zero-order valence-corrected chi connectivity index (χ0v) is 12.3. The smallest absolute Gasteiger partial charge is 0.0587 e. The van der Waals surface area contributed by atoms with Crippen LogP contribution in [0.2, 0.25) is 0 Å². The van der Waals surface area contributed by atoms with Crippen LogP contribution < -0.4 is 5.32 Å². The van der Waals surface area contributed by atoms with Crippen LogP contribution in [-0.4, -0.2) is 30.0 Å². The monoisotopic (exact) mass is 265 g/mol. The highest BCUT2D eigenvalue weighted by Crippen LogP contribution is 2.28. The highest BCUT2D eigenvalue weighted by atomic mass is 16.5. The van der Waals surface area contributed by atoms with Gasteiger partial charge in [0.05, 0.1) is 18.8 Å². The average molecular weight is 265 g/mol. The summed E-state index contributed by atoms with van der Waals surface area (Å²) in [4.78, 5) is 0. The molecule has 1 heterocycles. The van der Waals surface area contributed by atoms with Gasteiger partial charge in [-0.15, -0.1) is 0 Å². The molecule has 0 atom stereocenters. The van der Waals surface area contributed by atoms with E-state index in [0.29, 0.717) is 6.04 Å². The standard InChI is InChI=1S/C15H27N3O/c1-13-14(11-16-9-10-19-2)12-17-18(13)15-7-5-3-4-6-8-15/h12,15-16H,3-11H2,1-2H3. The van der Waals surface area contributed by atoms with Crippen molar-refractivity contribution in [2.45, 2.75) is 58.0 Å². The van der Waals surface area contributed by atoms with Crippen molar-refractivity contribution >= 4 is 0 Å². The minimum absolute atomic E-state index is 0.621. The van der Waals surface area contributed by atoms with Gasteiger partial charge in [0.15, 0.2) is 0 Å². The normalized spacial score (nSPS) is 17.6. The van der Waals surface area contributed by atoms with Crippen LogP contribution in [0.3, 0.4) is 0 Å². The molecular weight excluding hydrogens is 238 g/mol. The van der Waals surface area contributed by atoms with Crippen molar-refractivity contribution in [3.63, 3.8) is 0 Å². The van der Waals surface area contributed by atoms with Crippen LogP contribution >= 0.6 is 0 Å². The molecule has 1 saturated carbocycles. The van der Waals surface area contributed by atoms with Gasteiger partial charge in [-0.1, -0.05) is 25.7 Å². The van der Waals surface area contributed by atoms with E-state index in [1.807, 2.05) is 6.20 Å². The van der Waals surface area contributed by atoms with E-state index < -0.39 is 0 Å². The fourth-order valence-corrected chi connectivity index (χ4v) is 2.90. The van der Waals surface area contributed by atoms with Crippen molar-refractivity contribution in [1.29, 1.82) is 0 Å². The molecule has 1 aromatic heterocycles. The first kappa shape index (κ1) is 14.5. The Morgan fingerprint density at radius 1 is 1.32 bits per heavy atom. The highest BCUT2D eigenvalue weighted by molar-refractivity contribution is 5.16. The molecule has 4 nitrogen and oxygen atoms in total. The second-order valence-corrected chi connectivity index (χ2v) is 5.51. The van der Waals surface area contributed by atoms with Crippen molar-refractivity contribution in [3.05, 3.63) is 17.5 Å². The summed E-state index contributed by atoms with van der Waals surface area (Å²) < 4.78 is 7.30. The zero-order valence-electron chi connectivity index (χ0n) is 12.3. The fourth-order valence-electron chi connectivity index (χ4n) is 2.90. The van der Waals surface area contributed by atoms with Gasteiger partial charge >= 0.3 is 0 Å². The van der Waals surface area contributed by atoms with Crippen LogP contribution in [-0.2, 0) is 11.3 Å². The van der Waals surface area contributed by atoms with Gasteiger partial charge < -0.3 is 10.1 Å². The number of rotatable bonds is 6. The van der Waals surface area contributed by atoms with Crippen molar-refractivity contribution < 1.29 is 4.74 Å². The Kier molecular flexibility index (Phi) is 5.86. The van der Waals surface area contributed by atoms with Gasteiger partial charge in [0, 0.05) is 31.5 Å². The molecule has 0 amide bonds. The molecule has 0 saturated heterocycles. The Bertz CT molecular complexity index is 367. The molecule has 0 radical (unpaired) electrons. The van der Waals surface area contributed by atoms with E-state index in [0.717, 1.165) is 19.7 Å². The van der Waals surface area contributed by atoms with Gasteiger partial charge in [-0.05, 0) is 19.8 Å². The number of methoxy groups -OCH3 is 1. The molecule has 0 aromatic carbocycles. The van der Waals surface area contributed by atoms with E-state index in [1.54, 1.807) is 7.11 Å². The summed E-state index contributed by atoms with van der Waals surface area (Å²) >= 11 is 0. The van der Waals surface area contributed by atoms with E-state index in [-0.39, 0.29) is 0 Å². The van der Waals surface area contributed by atoms with Crippen molar-refractivity contribution in [2.75, 3.05) is 20.3 Å². The summed E-state index contributed by atoms with van der Waals surface area (Å²) in [6.07, 6.45) is 10.1. The molecule has 2 rings (SSSR count). The Labute approximate surface area is 116 Å². The molecular formula is C15H27N3O. The van der Waals surface area contributed by atoms with Crippen LogP contribution in [0.25, 0.3) is 0 Å². The Morgan fingerprint density at radius 3 is 2.74 bits per heavy atom. The minimum Gasteiger partial charge on any atom is -0.383 e. The summed E-state index contributed by atoms with van der Waals surface area (Å²) in [7, 11) is 1.73. The zero-order chi connectivity index (χ0) is 13.5. The maximum Gasteiger partial charge on any atom is 0.0587 e. The molecule has 1 aliphatic carbocycles. The maximum absolute atomic E-state index is 5.04. The molecule has 0 unspecified atom stereocenters. The molecule has 19 heavy (non-hydrogen) atoms. The number of hydrogen-bond acceptors (Lipinski definition) is 3. The summed E-state index contributed by atoms with van der Waals surface area (Å²) in [5.74, 6) is 0. The summed E-state index contributed by atoms with van der Waals surface area (Å²) in [6, 6.07) is 0.621. The quantitative estimate of drug-likeness (QED) is 0.635. The predicted octanol–water partition coefficient (Wildman–Crippen LogP) is 2.82. The summed E-state index contributed by atoms with van der Waals surface area (Å²) in [5.41, 5.74) is 2.65.